The Hall–Kier alpha value is -2.77. The molecule has 0 unspecified atom stereocenters. The summed E-state index contributed by atoms with van der Waals surface area (Å²) in [5, 5.41) is 0. The maximum absolute atomic E-state index is 12.7. The Bertz CT molecular complexity index is 833. The lowest BCUT2D eigenvalue weighted by Crippen LogP contribution is -2.42. The second-order valence-electron chi connectivity index (χ2n) is 6.57. The first-order chi connectivity index (χ1) is 12.8. The number of alkyl halides is 3. The minimum atomic E-state index is -4.44. The molecule has 0 aliphatic carbocycles. The number of aromatic nitrogens is 2. The van der Waals surface area contributed by atoms with Gasteiger partial charge in [0.2, 0.25) is 0 Å². The van der Waals surface area contributed by atoms with Gasteiger partial charge in [-0.05, 0) is 31.9 Å². The van der Waals surface area contributed by atoms with Gasteiger partial charge in [-0.2, -0.15) is 13.2 Å². The van der Waals surface area contributed by atoms with Gasteiger partial charge in [-0.3, -0.25) is 14.6 Å². The van der Waals surface area contributed by atoms with Crippen molar-refractivity contribution < 1.29 is 22.8 Å². The van der Waals surface area contributed by atoms with Gasteiger partial charge >= 0.3 is 6.18 Å². The highest BCUT2D eigenvalue weighted by Gasteiger charge is 2.32. The molecule has 1 aromatic carbocycles. The molecule has 1 aromatic heterocycles. The third-order valence-electron chi connectivity index (χ3n) is 4.58. The molecule has 1 saturated heterocycles. The quantitative estimate of drug-likeness (QED) is 0.768. The van der Waals surface area contributed by atoms with Crippen molar-refractivity contribution >= 4 is 11.7 Å². The van der Waals surface area contributed by atoms with Crippen molar-refractivity contribution in [3.63, 3.8) is 0 Å². The van der Waals surface area contributed by atoms with E-state index in [2.05, 4.69) is 9.97 Å². The van der Waals surface area contributed by atoms with Gasteiger partial charge in [-0.15, -0.1) is 0 Å². The average molecular weight is 377 g/mol. The molecule has 0 radical (unpaired) electrons. The number of amides is 1. The standard InChI is InChI=1S/C19H18F3N3O2/c1-12-9-24-16(10-23-12)18(27)25-8-2-3-14(11-25)17(26)13-4-6-15(7-5-13)19(20,21)22/h4-7,9-10,14H,2-3,8,11H2,1H3/t14-/m1/s1. The molecule has 2 heterocycles. The first-order valence-electron chi connectivity index (χ1n) is 8.55. The van der Waals surface area contributed by atoms with Crippen LogP contribution in [0.3, 0.4) is 0 Å². The minimum Gasteiger partial charge on any atom is -0.337 e. The number of likely N-dealkylation sites (tertiary alicyclic amines) is 1. The largest absolute Gasteiger partial charge is 0.416 e. The predicted molar refractivity (Wildman–Crippen MR) is 91.2 cm³/mol. The van der Waals surface area contributed by atoms with Gasteiger partial charge < -0.3 is 4.90 Å². The fraction of sp³-hybridized carbons (Fsp3) is 0.368. The van der Waals surface area contributed by atoms with E-state index in [0.29, 0.717) is 25.1 Å². The van der Waals surface area contributed by atoms with Crippen LogP contribution in [0.1, 0.15) is 44.9 Å². The van der Waals surface area contributed by atoms with Crippen molar-refractivity contribution in [2.45, 2.75) is 25.9 Å². The molecule has 0 bridgehead atoms. The molecule has 3 rings (SSSR count). The van der Waals surface area contributed by atoms with Gasteiger partial charge in [-0.25, -0.2) is 4.98 Å². The third kappa shape index (κ3) is 4.32. The molecule has 5 nitrogen and oxygen atoms in total. The number of Topliss-reactive ketones (excluding diaryl/α,β-unsaturated/α-hetero) is 1. The van der Waals surface area contributed by atoms with E-state index >= 15 is 0 Å². The summed E-state index contributed by atoms with van der Waals surface area (Å²) >= 11 is 0. The van der Waals surface area contributed by atoms with Crippen molar-refractivity contribution in [1.29, 1.82) is 0 Å². The van der Waals surface area contributed by atoms with E-state index in [4.69, 9.17) is 0 Å². The normalized spacial score (nSPS) is 17.6. The van der Waals surface area contributed by atoms with E-state index in [0.717, 1.165) is 12.1 Å². The van der Waals surface area contributed by atoms with E-state index in [1.54, 1.807) is 11.8 Å². The molecule has 2 aromatic rings. The fourth-order valence-corrected chi connectivity index (χ4v) is 3.10. The first kappa shape index (κ1) is 19.0. The Morgan fingerprint density at radius 1 is 1.11 bits per heavy atom. The second-order valence-corrected chi connectivity index (χ2v) is 6.57. The van der Waals surface area contributed by atoms with Crippen LogP contribution in [0.2, 0.25) is 0 Å². The zero-order valence-corrected chi connectivity index (χ0v) is 14.7. The van der Waals surface area contributed by atoms with Crippen molar-refractivity contribution in [1.82, 2.24) is 14.9 Å². The zero-order chi connectivity index (χ0) is 19.6. The SMILES string of the molecule is Cc1cnc(C(=O)N2CCC[C@@H](C(=O)c3ccc(C(F)(F)F)cc3)C2)cn1. The molecule has 0 saturated carbocycles. The maximum atomic E-state index is 12.7. The average Bonchev–Trinajstić information content (AvgIpc) is 2.67. The number of piperidine rings is 1. The number of carbonyl (C=O) groups excluding carboxylic acids is 2. The highest BCUT2D eigenvalue weighted by molar-refractivity contribution is 5.99. The lowest BCUT2D eigenvalue weighted by atomic mass is 9.89. The highest BCUT2D eigenvalue weighted by Crippen LogP contribution is 2.30. The van der Waals surface area contributed by atoms with Gasteiger partial charge in [0, 0.05) is 30.8 Å². The van der Waals surface area contributed by atoms with Crippen LogP contribution in [0.25, 0.3) is 0 Å². The number of nitrogens with zero attached hydrogens (tertiary/aromatic N) is 3. The predicted octanol–water partition coefficient (Wildman–Crippen LogP) is 3.54. The van der Waals surface area contributed by atoms with E-state index in [1.165, 1.54) is 24.5 Å². The molecule has 1 aliphatic heterocycles. The molecular weight excluding hydrogens is 359 g/mol. The van der Waals surface area contributed by atoms with Crippen LogP contribution >= 0.6 is 0 Å². The summed E-state index contributed by atoms with van der Waals surface area (Å²) in [5.74, 6) is -0.999. The van der Waals surface area contributed by atoms with Crippen LogP contribution < -0.4 is 0 Å². The summed E-state index contributed by atoms with van der Waals surface area (Å²) in [7, 11) is 0. The van der Waals surface area contributed by atoms with E-state index < -0.39 is 17.7 Å². The lowest BCUT2D eigenvalue weighted by Gasteiger charge is -2.31. The third-order valence-corrected chi connectivity index (χ3v) is 4.58. The van der Waals surface area contributed by atoms with Crippen LogP contribution in [-0.4, -0.2) is 39.6 Å². The molecule has 1 aliphatic rings. The molecule has 8 heteroatoms. The van der Waals surface area contributed by atoms with Crippen LogP contribution in [0.4, 0.5) is 13.2 Å². The first-order valence-corrected chi connectivity index (χ1v) is 8.55. The number of rotatable bonds is 3. The van der Waals surface area contributed by atoms with E-state index in [9.17, 15) is 22.8 Å². The monoisotopic (exact) mass is 377 g/mol. The number of benzene rings is 1. The smallest absolute Gasteiger partial charge is 0.337 e. The molecule has 1 atom stereocenters. The van der Waals surface area contributed by atoms with Crippen LogP contribution in [-0.2, 0) is 6.18 Å². The molecule has 0 N–H and O–H groups in total. The van der Waals surface area contributed by atoms with Gasteiger partial charge in [0.05, 0.1) is 17.5 Å². The summed E-state index contributed by atoms with van der Waals surface area (Å²) in [6.07, 6.45) is -0.309. The number of hydrogen-bond acceptors (Lipinski definition) is 4. The Balaban J connectivity index is 1.71. The molecule has 0 spiro atoms. The summed E-state index contributed by atoms with van der Waals surface area (Å²) in [4.78, 5) is 34.9. The van der Waals surface area contributed by atoms with Gasteiger partial charge in [0.25, 0.3) is 5.91 Å². The molecule has 27 heavy (non-hydrogen) atoms. The number of ketones is 1. The fourth-order valence-electron chi connectivity index (χ4n) is 3.10. The highest BCUT2D eigenvalue weighted by atomic mass is 19.4. The van der Waals surface area contributed by atoms with Crippen LogP contribution in [0, 0.1) is 12.8 Å². The Morgan fingerprint density at radius 2 is 1.81 bits per heavy atom. The van der Waals surface area contributed by atoms with Crippen molar-refractivity contribution in [3.05, 3.63) is 59.2 Å². The second kappa shape index (κ2) is 7.46. The van der Waals surface area contributed by atoms with E-state index in [-0.39, 0.29) is 29.5 Å². The van der Waals surface area contributed by atoms with Crippen molar-refractivity contribution in [2.75, 3.05) is 13.1 Å². The molecule has 142 valence electrons. The Kier molecular flexibility index (Phi) is 5.25. The molecular formula is C19H18F3N3O2. The Labute approximate surface area is 154 Å². The number of aryl methyl sites for hydroxylation is 1. The summed E-state index contributed by atoms with van der Waals surface area (Å²) in [6.45, 7) is 2.49. The van der Waals surface area contributed by atoms with Gasteiger partial charge in [0.15, 0.2) is 5.78 Å². The Morgan fingerprint density at radius 3 is 2.41 bits per heavy atom. The van der Waals surface area contributed by atoms with Crippen LogP contribution in [0.5, 0.6) is 0 Å². The number of hydrogen-bond donors (Lipinski definition) is 0. The van der Waals surface area contributed by atoms with Crippen LogP contribution in [0.15, 0.2) is 36.7 Å². The number of carbonyl (C=O) groups is 2. The topological polar surface area (TPSA) is 63.2 Å². The summed E-state index contributed by atoms with van der Waals surface area (Å²) in [5.41, 5.74) is 0.332. The lowest BCUT2D eigenvalue weighted by molar-refractivity contribution is -0.137. The van der Waals surface area contributed by atoms with Gasteiger partial charge in [0.1, 0.15) is 5.69 Å². The number of halogens is 3. The zero-order valence-electron chi connectivity index (χ0n) is 14.7. The van der Waals surface area contributed by atoms with Gasteiger partial charge in [-0.1, -0.05) is 12.1 Å². The molecule has 1 amide bonds. The van der Waals surface area contributed by atoms with E-state index in [1.807, 2.05) is 0 Å². The van der Waals surface area contributed by atoms with Crippen molar-refractivity contribution in [3.8, 4) is 0 Å². The summed E-state index contributed by atoms with van der Waals surface area (Å²) < 4.78 is 38.0. The molecule has 1 fully saturated rings. The maximum Gasteiger partial charge on any atom is 0.416 e. The minimum absolute atomic E-state index is 0.211. The summed E-state index contributed by atoms with van der Waals surface area (Å²) in [6, 6.07) is 4.19. The van der Waals surface area contributed by atoms with Crippen molar-refractivity contribution in [2.24, 2.45) is 5.92 Å².